The van der Waals surface area contributed by atoms with Crippen molar-refractivity contribution in [1.29, 1.82) is 0 Å². The zero-order valence-electron chi connectivity index (χ0n) is 13.4. The summed E-state index contributed by atoms with van der Waals surface area (Å²) in [6.45, 7) is 1.88. The monoisotopic (exact) mass is 333 g/mol. The molecule has 23 heavy (non-hydrogen) atoms. The number of thiophene rings is 1. The number of ether oxygens (including phenoxy) is 2. The molecule has 1 aliphatic carbocycles. The highest BCUT2D eigenvalue weighted by Gasteiger charge is 2.30. The van der Waals surface area contributed by atoms with E-state index < -0.39 is 6.10 Å². The molecule has 1 heterocycles. The lowest BCUT2D eigenvalue weighted by Crippen LogP contribution is -2.36. The largest absolute Gasteiger partial charge is 0.497 e. The molecule has 5 heteroatoms. The van der Waals surface area contributed by atoms with Crippen LogP contribution in [-0.4, -0.2) is 42.4 Å². The molecular formula is C18H23NO3S. The van der Waals surface area contributed by atoms with Crippen molar-refractivity contribution in [3.63, 3.8) is 0 Å². The molecule has 1 N–H and O–H groups in total. The van der Waals surface area contributed by atoms with Crippen LogP contribution >= 0.6 is 11.3 Å². The van der Waals surface area contributed by atoms with Crippen molar-refractivity contribution in [2.24, 2.45) is 0 Å². The second kappa shape index (κ2) is 7.81. The highest BCUT2D eigenvalue weighted by Crippen LogP contribution is 2.29. The van der Waals surface area contributed by atoms with Crippen LogP contribution in [0.2, 0.25) is 0 Å². The minimum Gasteiger partial charge on any atom is -0.497 e. The third kappa shape index (κ3) is 4.96. The summed E-state index contributed by atoms with van der Waals surface area (Å²) in [7, 11) is 1.64. The quantitative estimate of drug-likeness (QED) is 0.765. The lowest BCUT2D eigenvalue weighted by Gasteiger charge is -2.24. The van der Waals surface area contributed by atoms with Crippen molar-refractivity contribution in [2.75, 3.05) is 20.3 Å². The van der Waals surface area contributed by atoms with E-state index in [0.717, 1.165) is 18.0 Å². The molecule has 0 amide bonds. The molecule has 1 fully saturated rings. The topological polar surface area (TPSA) is 41.9 Å². The van der Waals surface area contributed by atoms with Crippen LogP contribution in [0.15, 0.2) is 41.8 Å². The summed E-state index contributed by atoms with van der Waals surface area (Å²) in [5.74, 6) is 1.55. The lowest BCUT2D eigenvalue weighted by molar-refractivity contribution is 0.0630. The number of hydrogen-bond donors (Lipinski definition) is 1. The van der Waals surface area contributed by atoms with E-state index in [1.54, 1.807) is 18.4 Å². The zero-order valence-corrected chi connectivity index (χ0v) is 14.2. The molecule has 0 spiro atoms. The molecule has 0 aliphatic heterocycles. The number of aliphatic hydroxyl groups excluding tert-OH is 1. The van der Waals surface area contributed by atoms with Crippen LogP contribution in [0.25, 0.3) is 0 Å². The van der Waals surface area contributed by atoms with Crippen LogP contribution in [0.1, 0.15) is 17.7 Å². The van der Waals surface area contributed by atoms with Gasteiger partial charge in [0.15, 0.2) is 0 Å². The molecule has 1 atom stereocenters. The highest BCUT2D eigenvalue weighted by atomic mass is 32.1. The maximum absolute atomic E-state index is 10.3. The summed E-state index contributed by atoms with van der Waals surface area (Å²) in [6, 6.07) is 12.3. The molecule has 4 nitrogen and oxygen atoms in total. The molecule has 1 aromatic heterocycles. The normalized spacial score (nSPS) is 15.6. The molecule has 0 bridgehead atoms. The Labute approximate surface area is 141 Å². The van der Waals surface area contributed by atoms with Crippen LogP contribution in [-0.2, 0) is 6.54 Å². The van der Waals surface area contributed by atoms with E-state index in [1.807, 2.05) is 24.3 Å². The number of rotatable bonds is 9. The Morgan fingerprint density at radius 1 is 1.22 bits per heavy atom. The Hall–Kier alpha value is -1.56. The van der Waals surface area contributed by atoms with Crippen molar-refractivity contribution in [2.45, 2.75) is 31.5 Å². The van der Waals surface area contributed by atoms with Crippen LogP contribution < -0.4 is 9.47 Å². The molecule has 124 valence electrons. The first-order chi connectivity index (χ1) is 11.2. The summed E-state index contributed by atoms with van der Waals surface area (Å²) in [4.78, 5) is 3.72. The maximum atomic E-state index is 10.3. The fraction of sp³-hybridized carbons (Fsp3) is 0.444. The predicted octanol–water partition coefficient (Wildman–Crippen LogP) is 3.16. The van der Waals surface area contributed by atoms with Crippen LogP contribution in [0, 0.1) is 0 Å². The summed E-state index contributed by atoms with van der Waals surface area (Å²) in [6.07, 6.45) is 1.98. The van der Waals surface area contributed by atoms with E-state index in [2.05, 4.69) is 22.4 Å². The molecule has 3 rings (SSSR count). The maximum Gasteiger partial charge on any atom is 0.119 e. The molecule has 1 aromatic carbocycles. The van der Waals surface area contributed by atoms with Gasteiger partial charge in [0.25, 0.3) is 0 Å². The van der Waals surface area contributed by atoms with E-state index in [-0.39, 0.29) is 0 Å². The second-order valence-electron chi connectivity index (χ2n) is 5.88. The molecule has 1 saturated carbocycles. The van der Waals surface area contributed by atoms with Gasteiger partial charge in [0.2, 0.25) is 0 Å². The number of benzene rings is 1. The number of aliphatic hydroxyl groups is 1. The minimum atomic E-state index is -0.488. The van der Waals surface area contributed by atoms with Crippen molar-refractivity contribution < 1.29 is 14.6 Å². The first-order valence-corrected chi connectivity index (χ1v) is 8.84. The van der Waals surface area contributed by atoms with Gasteiger partial charge in [-0.3, -0.25) is 4.90 Å². The van der Waals surface area contributed by atoms with E-state index in [0.29, 0.717) is 19.2 Å². The molecule has 0 saturated heterocycles. The van der Waals surface area contributed by atoms with Gasteiger partial charge in [-0.25, -0.2) is 0 Å². The zero-order chi connectivity index (χ0) is 16.1. The van der Waals surface area contributed by atoms with E-state index in [4.69, 9.17) is 9.47 Å². The number of nitrogens with zero attached hydrogens (tertiary/aromatic N) is 1. The number of methoxy groups -OCH3 is 1. The Kier molecular flexibility index (Phi) is 5.54. The highest BCUT2D eigenvalue weighted by molar-refractivity contribution is 7.09. The van der Waals surface area contributed by atoms with E-state index >= 15 is 0 Å². The lowest BCUT2D eigenvalue weighted by atomic mass is 10.3. The molecule has 0 radical (unpaired) electrons. The van der Waals surface area contributed by atoms with Gasteiger partial charge < -0.3 is 14.6 Å². The molecule has 1 aliphatic rings. The standard InChI is InChI=1S/C18H23NO3S/c1-21-16-6-8-17(9-7-16)22-13-15(20)11-19(14-4-5-14)12-18-3-2-10-23-18/h2-3,6-10,14-15,20H,4-5,11-13H2,1H3. The Bertz CT molecular complexity index is 581. The summed E-state index contributed by atoms with van der Waals surface area (Å²) < 4.78 is 10.8. The summed E-state index contributed by atoms with van der Waals surface area (Å²) >= 11 is 1.77. The van der Waals surface area contributed by atoms with Gasteiger partial charge in [0.05, 0.1) is 7.11 Å². The van der Waals surface area contributed by atoms with Crippen molar-refractivity contribution in [3.05, 3.63) is 46.7 Å². The van der Waals surface area contributed by atoms with Gasteiger partial charge in [0, 0.05) is 24.0 Å². The van der Waals surface area contributed by atoms with Gasteiger partial charge in [-0.15, -0.1) is 11.3 Å². The van der Waals surface area contributed by atoms with Crippen LogP contribution in [0.4, 0.5) is 0 Å². The van der Waals surface area contributed by atoms with Gasteiger partial charge in [-0.1, -0.05) is 6.07 Å². The fourth-order valence-electron chi connectivity index (χ4n) is 2.57. The van der Waals surface area contributed by atoms with Crippen molar-refractivity contribution >= 4 is 11.3 Å². The summed E-state index contributed by atoms with van der Waals surface area (Å²) in [5, 5.41) is 12.4. The van der Waals surface area contributed by atoms with Gasteiger partial charge in [0.1, 0.15) is 24.2 Å². The van der Waals surface area contributed by atoms with E-state index in [9.17, 15) is 5.11 Å². The third-order valence-corrected chi connectivity index (χ3v) is 4.81. The molecule has 1 unspecified atom stereocenters. The fourth-order valence-corrected chi connectivity index (χ4v) is 3.30. The Morgan fingerprint density at radius 2 is 1.96 bits per heavy atom. The van der Waals surface area contributed by atoms with Crippen molar-refractivity contribution in [3.8, 4) is 11.5 Å². The SMILES string of the molecule is COc1ccc(OCC(O)CN(Cc2cccs2)C2CC2)cc1. The van der Waals surface area contributed by atoms with Crippen LogP contribution in [0.3, 0.4) is 0 Å². The average molecular weight is 333 g/mol. The first-order valence-electron chi connectivity index (χ1n) is 7.96. The summed E-state index contributed by atoms with van der Waals surface area (Å²) in [5.41, 5.74) is 0. The van der Waals surface area contributed by atoms with Crippen molar-refractivity contribution in [1.82, 2.24) is 4.90 Å². The molecule has 2 aromatic rings. The second-order valence-corrected chi connectivity index (χ2v) is 6.91. The number of hydrogen-bond acceptors (Lipinski definition) is 5. The van der Waals surface area contributed by atoms with Crippen LogP contribution in [0.5, 0.6) is 11.5 Å². The van der Waals surface area contributed by atoms with Gasteiger partial charge >= 0.3 is 0 Å². The first kappa shape index (κ1) is 16.3. The Morgan fingerprint density at radius 3 is 2.57 bits per heavy atom. The third-order valence-electron chi connectivity index (χ3n) is 3.95. The Balaban J connectivity index is 1.47. The van der Waals surface area contributed by atoms with E-state index in [1.165, 1.54) is 17.7 Å². The average Bonchev–Trinajstić information content (AvgIpc) is 3.30. The van der Waals surface area contributed by atoms with Gasteiger partial charge in [-0.05, 0) is 48.6 Å². The predicted molar refractivity (Wildman–Crippen MR) is 92.2 cm³/mol. The smallest absolute Gasteiger partial charge is 0.119 e. The molecular weight excluding hydrogens is 310 g/mol. The van der Waals surface area contributed by atoms with Gasteiger partial charge in [-0.2, -0.15) is 0 Å². The minimum absolute atomic E-state index is 0.306.